The Balaban J connectivity index is 0.00000218. The third kappa shape index (κ3) is 6.55. The summed E-state index contributed by atoms with van der Waals surface area (Å²) >= 11 is 0. The molecular formula is C24H31F2N3O. The third-order valence-electron chi connectivity index (χ3n) is 4.75. The molecule has 0 saturated carbocycles. The van der Waals surface area contributed by atoms with Crippen molar-refractivity contribution in [3.8, 4) is 11.8 Å². The molecule has 0 aromatic carbocycles. The highest BCUT2D eigenvalue weighted by Gasteiger charge is 2.33. The van der Waals surface area contributed by atoms with Gasteiger partial charge in [-0.3, -0.25) is 4.79 Å². The highest BCUT2D eigenvalue weighted by molar-refractivity contribution is 6.02. The molecule has 1 aromatic rings. The third-order valence-corrected chi connectivity index (χ3v) is 4.75. The lowest BCUT2D eigenvalue weighted by Crippen LogP contribution is -2.31. The number of anilines is 1. The second-order valence-electron chi connectivity index (χ2n) is 6.75. The number of hydrogen-bond donors (Lipinski definition) is 1. The predicted molar refractivity (Wildman–Crippen MR) is 120 cm³/mol. The Hall–Kier alpha value is -2.94. The smallest absolute Gasteiger partial charge is 0.259 e. The molecule has 1 aliphatic rings. The summed E-state index contributed by atoms with van der Waals surface area (Å²) in [5, 5.41) is 2.81. The average molecular weight is 416 g/mol. The van der Waals surface area contributed by atoms with Crippen LogP contribution >= 0.6 is 0 Å². The Kier molecular flexibility index (Phi) is 9.97. The van der Waals surface area contributed by atoms with Crippen LogP contribution in [0.2, 0.25) is 0 Å². The van der Waals surface area contributed by atoms with E-state index >= 15 is 0 Å². The molecule has 2 heterocycles. The molecule has 0 atom stereocenters. The van der Waals surface area contributed by atoms with Gasteiger partial charge in [-0.05, 0) is 31.9 Å². The molecule has 4 nitrogen and oxygen atoms in total. The minimum Gasteiger partial charge on any atom is -0.356 e. The topological polar surface area (TPSA) is 45.2 Å². The highest BCUT2D eigenvalue weighted by atomic mass is 19.3. The fraction of sp³-hybridized carbons (Fsp3) is 0.417. The standard InChI is InChI=1S/C22H27F2N3O.C2H4/c1-5-8-10-17-15-25-20(27-13-9-11-22(23,24)12-14-27)19(16(17)4)21(28)26-18(6-2)7-3;1-2/h6-7,15H,2,5,9,11-14H2,1,3-4H3,(H,26,28);1-2H2/b18-7+;. The van der Waals surface area contributed by atoms with Crippen molar-refractivity contribution in [2.24, 2.45) is 0 Å². The summed E-state index contributed by atoms with van der Waals surface area (Å²) in [4.78, 5) is 19.3. The number of rotatable bonds is 4. The zero-order valence-corrected chi connectivity index (χ0v) is 18.2. The van der Waals surface area contributed by atoms with Crippen molar-refractivity contribution in [3.63, 3.8) is 0 Å². The Morgan fingerprint density at radius 2 is 2.07 bits per heavy atom. The minimum atomic E-state index is -2.68. The monoisotopic (exact) mass is 415 g/mol. The first-order chi connectivity index (χ1) is 14.3. The molecule has 0 spiro atoms. The van der Waals surface area contributed by atoms with Crippen molar-refractivity contribution >= 4 is 11.7 Å². The summed E-state index contributed by atoms with van der Waals surface area (Å²) in [6.07, 6.45) is 5.54. The number of hydrogen-bond acceptors (Lipinski definition) is 3. The van der Waals surface area contributed by atoms with Crippen LogP contribution in [0.1, 0.15) is 61.0 Å². The number of carbonyl (C=O) groups is 1. The van der Waals surface area contributed by atoms with E-state index < -0.39 is 5.92 Å². The highest BCUT2D eigenvalue weighted by Crippen LogP contribution is 2.31. The van der Waals surface area contributed by atoms with Crippen LogP contribution in [0, 0.1) is 18.8 Å². The van der Waals surface area contributed by atoms with Crippen molar-refractivity contribution in [2.75, 3.05) is 18.0 Å². The van der Waals surface area contributed by atoms with Crippen molar-refractivity contribution in [1.29, 1.82) is 0 Å². The summed E-state index contributed by atoms with van der Waals surface area (Å²) in [6, 6.07) is 0. The van der Waals surface area contributed by atoms with E-state index in [-0.39, 0.29) is 25.3 Å². The van der Waals surface area contributed by atoms with Crippen LogP contribution in [-0.4, -0.2) is 29.9 Å². The lowest BCUT2D eigenvalue weighted by Gasteiger charge is -2.25. The number of amides is 1. The van der Waals surface area contributed by atoms with Crippen molar-refractivity contribution in [1.82, 2.24) is 10.3 Å². The molecule has 6 heteroatoms. The van der Waals surface area contributed by atoms with Crippen LogP contribution in [0.25, 0.3) is 0 Å². The predicted octanol–water partition coefficient (Wildman–Crippen LogP) is 5.40. The quantitative estimate of drug-likeness (QED) is 0.407. The zero-order chi connectivity index (χ0) is 22.7. The zero-order valence-electron chi connectivity index (χ0n) is 18.2. The molecule has 0 radical (unpaired) electrons. The van der Waals surface area contributed by atoms with Crippen molar-refractivity contribution in [3.05, 3.63) is 60.5 Å². The summed E-state index contributed by atoms with van der Waals surface area (Å²) in [5.74, 6) is 3.42. The van der Waals surface area contributed by atoms with E-state index in [1.54, 1.807) is 30.2 Å². The van der Waals surface area contributed by atoms with Gasteiger partial charge in [0.15, 0.2) is 0 Å². The van der Waals surface area contributed by atoms with E-state index in [2.05, 4.69) is 41.9 Å². The van der Waals surface area contributed by atoms with E-state index in [4.69, 9.17) is 0 Å². The number of aromatic nitrogens is 1. The first kappa shape index (κ1) is 25.1. The van der Waals surface area contributed by atoms with Crippen LogP contribution in [0.5, 0.6) is 0 Å². The summed E-state index contributed by atoms with van der Waals surface area (Å²) in [6.45, 7) is 15.8. The van der Waals surface area contributed by atoms with Gasteiger partial charge in [0.25, 0.3) is 5.91 Å². The van der Waals surface area contributed by atoms with Gasteiger partial charge in [-0.25, -0.2) is 13.8 Å². The maximum atomic E-state index is 13.8. The van der Waals surface area contributed by atoms with Crippen LogP contribution in [-0.2, 0) is 0 Å². The number of alkyl halides is 2. The van der Waals surface area contributed by atoms with Crippen molar-refractivity contribution < 1.29 is 13.6 Å². The first-order valence-corrected chi connectivity index (χ1v) is 10.0. The normalized spacial score (nSPS) is 15.6. The number of nitrogens with zero attached hydrogens (tertiary/aromatic N) is 2. The molecule has 1 N–H and O–H groups in total. The molecule has 1 fully saturated rings. The van der Waals surface area contributed by atoms with Gasteiger partial charge in [-0.2, -0.15) is 0 Å². The molecule has 0 aliphatic carbocycles. The summed E-state index contributed by atoms with van der Waals surface area (Å²) in [5.41, 5.74) is 2.30. The molecular weight excluding hydrogens is 384 g/mol. The average Bonchev–Trinajstić information content (AvgIpc) is 2.92. The number of halogens is 2. The summed E-state index contributed by atoms with van der Waals surface area (Å²) in [7, 11) is 0. The van der Waals surface area contributed by atoms with Crippen molar-refractivity contribution in [2.45, 2.75) is 52.4 Å². The lowest BCUT2D eigenvalue weighted by molar-refractivity contribution is -0.0102. The van der Waals surface area contributed by atoms with Gasteiger partial charge >= 0.3 is 0 Å². The molecule has 1 saturated heterocycles. The second kappa shape index (κ2) is 11.9. The van der Waals surface area contributed by atoms with E-state index in [0.29, 0.717) is 47.6 Å². The first-order valence-electron chi connectivity index (χ1n) is 10.0. The van der Waals surface area contributed by atoms with E-state index in [1.807, 2.05) is 13.8 Å². The largest absolute Gasteiger partial charge is 0.356 e. The van der Waals surface area contributed by atoms with Crippen LogP contribution in [0.3, 0.4) is 0 Å². The second-order valence-corrected chi connectivity index (χ2v) is 6.75. The molecule has 30 heavy (non-hydrogen) atoms. The molecule has 1 aliphatic heterocycles. The van der Waals surface area contributed by atoms with Crippen LogP contribution in [0.15, 0.2) is 43.8 Å². The van der Waals surface area contributed by atoms with Gasteiger partial charge in [0, 0.05) is 49.8 Å². The van der Waals surface area contributed by atoms with Crippen LogP contribution < -0.4 is 10.2 Å². The van der Waals surface area contributed by atoms with E-state index in [1.165, 1.54) is 0 Å². The molecule has 2 rings (SSSR count). The van der Waals surface area contributed by atoms with Gasteiger partial charge in [-0.15, -0.1) is 13.2 Å². The van der Waals surface area contributed by atoms with Gasteiger partial charge < -0.3 is 10.2 Å². The van der Waals surface area contributed by atoms with Crippen LogP contribution in [0.4, 0.5) is 14.6 Å². The number of allylic oxidation sites excluding steroid dienone is 2. The van der Waals surface area contributed by atoms with Gasteiger partial charge in [0.2, 0.25) is 5.92 Å². The Labute approximate surface area is 178 Å². The number of pyridine rings is 1. The van der Waals surface area contributed by atoms with E-state index in [0.717, 1.165) is 0 Å². The maximum Gasteiger partial charge on any atom is 0.259 e. The number of nitrogens with one attached hydrogen (secondary N) is 1. The Morgan fingerprint density at radius 3 is 2.67 bits per heavy atom. The SMILES string of the molecule is C=C.C=C/C(=C\C)NC(=O)c1c(N2CCCC(F)(F)CC2)ncc(C#CCC)c1C. The Morgan fingerprint density at radius 1 is 1.37 bits per heavy atom. The van der Waals surface area contributed by atoms with Gasteiger partial charge in [0.1, 0.15) is 5.82 Å². The lowest BCUT2D eigenvalue weighted by atomic mass is 10.0. The van der Waals surface area contributed by atoms with Gasteiger partial charge in [0.05, 0.1) is 5.56 Å². The number of carbonyl (C=O) groups excluding carboxylic acids is 1. The Bertz CT molecular complexity index is 850. The molecule has 1 amide bonds. The molecule has 0 bridgehead atoms. The minimum absolute atomic E-state index is 0.150. The molecule has 0 unspecified atom stereocenters. The molecule has 162 valence electrons. The fourth-order valence-electron chi connectivity index (χ4n) is 3.12. The van der Waals surface area contributed by atoms with Gasteiger partial charge in [-0.1, -0.05) is 31.4 Å². The maximum absolute atomic E-state index is 13.8. The van der Waals surface area contributed by atoms with E-state index in [9.17, 15) is 13.6 Å². The fourth-order valence-corrected chi connectivity index (χ4v) is 3.12. The molecule has 1 aromatic heterocycles. The summed E-state index contributed by atoms with van der Waals surface area (Å²) < 4.78 is 27.6.